The predicted molar refractivity (Wildman–Crippen MR) is 91.9 cm³/mol. The van der Waals surface area contributed by atoms with E-state index < -0.39 is 0 Å². The van der Waals surface area contributed by atoms with Crippen molar-refractivity contribution >= 4 is 17.5 Å². The Bertz CT molecular complexity index is 755. The maximum Gasteiger partial charge on any atom is 0.254 e. The number of nitrogens with zero attached hydrogens (tertiary/aromatic N) is 1. The van der Waals surface area contributed by atoms with Gasteiger partial charge >= 0.3 is 0 Å². The molecule has 4 nitrogen and oxygen atoms in total. The fourth-order valence-electron chi connectivity index (χ4n) is 3.41. The van der Waals surface area contributed by atoms with Gasteiger partial charge < -0.3 is 14.4 Å². The van der Waals surface area contributed by atoms with Gasteiger partial charge in [0.2, 0.25) is 6.79 Å². The summed E-state index contributed by atoms with van der Waals surface area (Å²) in [5, 5.41) is 0.424. The standard InChI is InChI=1S/C19H18ClNO3/c20-16-10-15(11-17-18(16)24-12-23-17)19(22)21-8-6-14(7-9-21)13-4-2-1-3-5-13/h1-5,10-11,14H,6-9,12H2. The number of ether oxygens (including phenoxy) is 2. The quantitative estimate of drug-likeness (QED) is 0.824. The van der Waals surface area contributed by atoms with Crippen LogP contribution in [0.25, 0.3) is 0 Å². The van der Waals surface area contributed by atoms with Crippen LogP contribution < -0.4 is 9.47 Å². The molecule has 0 bridgehead atoms. The van der Waals surface area contributed by atoms with Gasteiger partial charge in [-0.3, -0.25) is 4.79 Å². The molecule has 24 heavy (non-hydrogen) atoms. The van der Waals surface area contributed by atoms with Crippen LogP contribution in [0, 0.1) is 0 Å². The molecule has 0 atom stereocenters. The topological polar surface area (TPSA) is 38.8 Å². The molecule has 124 valence electrons. The van der Waals surface area contributed by atoms with Crippen LogP contribution >= 0.6 is 11.6 Å². The Kier molecular flexibility index (Phi) is 4.07. The van der Waals surface area contributed by atoms with E-state index in [0.717, 1.165) is 25.9 Å². The van der Waals surface area contributed by atoms with Crippen LogP contribution in [0.5, 0.6) is 11.5 Å². The molecule has 0 unspecified atom stereocenters. The molecule has 1 amide bonds. The summed E-state index contributed by atoms with van der Waals surface area (Å²) < 4.78 is 10.6. The third-order valence-corrected chi connectivity index (χ3v) is 5.01. The van der Waals surface area contributed by atoms with E-state index in [2.05, 4.69) is 24.3 Å². The number of benzene rings is 2. The lowest BCUT2D eigenvalue weighted by Gasteiger charge is -2.32. The van der Waals surface area contributed by atoms with Gasteiger partial charge in [0, 0.05) is 18.7 Å². The molecule has 0 saturated carbocycles. The third-order valence-electron chi connectivity index (χ3n) is 4.73. The smallest absolute Gasteiger partial charge is 0.254 e. The zero-order valence-corrected chi connectivity index (χ0v) is 14.0. The fourth-order valence-corrected chi connectivity index (χ4v) is 3.68. The van der Waals surface area contributed by atoms with Crippen molar-refractivity contribution in [2.45, 2.75) is 18.8 Å². The molecule has 0 radical (unpaired) electrons. The predicted octanol–water partition coefficient (Wildman–Crippen LogP) is 4.09. The monoisotopic (exact) mass is 343 g/mol. The summed E-state index contributed by atoms with van der Waals surface area (Å²) >= 11 is 6.19. The molecule has 0 aliphatic carbocycles. The maximum absolute atomic E-state index is 12.8. The number of hydrogen-bond donors (Lipinski definition) is 0. The van der Waals surface area contributed by atoms with Crippen LogP contribution in [0.2, 0.25) is 5.02 Å². The summed E-state index contributed by atoms with van der Waals surface area (Å²) in [6.45, 7) is 1.66. The van der Waals surface area contributed by atoms with Gasteiger partial charge in [0.05, 0.1) is 5.02 Å². The van der Waals surface area contributed by atoms with Crippen molar-refractivity contribution in [3.8, 4) is 11.5 Å². The van der Waals surface area contributed by atoms with Crippen LogP contribution in [0.4, 0.5) is 0 Å². The zero-order chi connectivity index (χ0) is 16.5. The Morgan fingerprint density at radius 3 is 2.58 bits per heavy atom. The Morgan fingerprint density at radius 2 is 1.83 bits per heavy atom. The van der Waals surface area contributed by atoms with E-state index in [9.17, 15) is 4.79 Å². The first-order valence-electron chi connectivity index (χ1n) is 8.16. The molecule has 2 aliphatic heterocycles. The second-order valence-corrected chi connectivity index (χ2v) is 6.58. The minimum atomic E-state index is 0.00158. The van der Waals surface area contributed by atoms with Gasteiger partial charge in [-0.1, -0.05) is 41.9 Å². The van der Waals surface area contributed by atoms with Gasteiger partial charge in [0.15, 0.2) is 11.5 Å². The summed E-state index contributed by atoms with van der Waals surface area (Å²) in [6, 6.07) is 13.9. The highest BCUT2D eigenvalue weighted by atomic mass is 35.5. The zero-order valence-electron chi connectivity index (χ0n) is 13.2. The first kappa shape index (κ1) is 15.3. The van der Waals surface area contributed by atoms with E-state index >= 15 is 0 Å². The highest BCUT2D eigenvalue weighted by Crippen LogP contribution is 2.40. The molecule has 2 heterocycles. The molecule has 2 aromatic rings. The molecular weight excluding hydrogens is 326 g/mol. The van der Waals surface area contributed by atoms with Crippen LogP contribution in [-0.2, 0) is 0 Å². The molecule has 1 saturated heterocycles. The Balaban J connectivity index is 1.46. The van der Waals surface area contributed by atoms with Gasteiger partial charge in [-0.2, -0.15) is 0 Å². The van der Waals surface area contributed by atoms with Crippen LogP contribution in [0.1, 0.15) is 34.7 Å². The SMILES string of the molecule is O=C(c1cc(Cl)c2c(c1)OCO2)N1CCC(c2ccccc2)CC1. The van der Waals surface area contributed by atoms with Crippen molar-refractivity contribution in [1.29, 1.82) is 0 Å². The lowest BCUT2D eigenvalue weighted by molar-refractivity contribution is 0.0712. The van der Waals surface area contributed by atoms with Crippen molar-refractivity contribution in [2.24, 2.45) is 0 Å². The van der Waals surface area contributed by atoms with Gasteiger partial charge in [-0.15, -0.1) is 0 Å². The Labute approximate surface area is 145 Å². The van der Waals surface area contributed by atoms with Gasteiger partial charge in [-0.05, 0) is 36.5 Å². The van der Waals surface area contributed by atoms with E-state index in [1.165, 1.54) is 5.56 Å². The van der Waals surface area contributed by atoms with Crippen molar-refractivity contribution in [3.63, 3.8) is 0 Å². The largest absolute Gasteiger partial charge is 0.454 e. The van der Waals surface area contributed by atoms with Crippen molar-refractivity contribution in [2.75, 3.05) is 19.9 Å². The number of amides is 1. The first-order chi connectivity index (χ1) is 11.7. The van der Waals surface area contributed by atoms with Crippen molar-refractivity contribution < 1.29 is 14.3 Å². The summed E-state index contributed by atoms with van der Waals surface area (Å²) in [6.07, 6.45) is 1.96. The van der Waals surface area contributed by atoms with Gasteiger partial charge in [0.1, 0.15) is 0 Å². The maximum atomic E-state index is 12.8. The number of carbonyl (C=O) groups is 1. The lowest BCUT2D eigenvalue weighted by Crippen LogP contribution is -2.37. The molecule has 4 rings (SSSR count). The van der Waals surface area contributed by atoms with Crippen molar-refractivity contribution in [3.05, 3.63) is 58.6 Å². The minimum Gasteiger partial charge on any atom is -0.454 e. The fraction of sp³-hybridized carbons (Fsp3) is 0.316. The Hall–Kier alpha value is -2.20. The lowest BCUT2D eigenvalue weighted by atomic mass is 9.89. The normalized spacial score (nSPS) is 17.1. The van der Waals surface area contributed by atoms with Crippen LogP contribution in [0.15, 0.2) is 42.5 Å². The number of rotatable bonds is 2. The summed E-state index contributed by atoms with van der Waals surface area (Å²) in [4.78, 5) is 14.7. The van der Waals surface area contributed by atoms with E-state index in [-0.39, 0.29) is 12.7 Å². The van der Waals surface area contributed by atoms with Crippen molar-refractivity contribution in [1.82, 2.24) is 4.90 Å². The molecule has 2 aromatic carbocycles. The average molecular weight is 344 g/mol. The highest BCUT2D eigenvalue weighted by molar-refractivity contribution is 6.32. The second-order valence-electron chi connectivity index (χ2n) is 6.17. The molecular formula is C19H18ClNO3. The summed E-state index contributed by atoms with van der Waals surface area (Å²) in [5.41, 5.74) is 1.91. The number of halogens is 1. The molecule has 2 aliphatic rings. The van der Waals surface area contributed by atoms with Crippen LogP contribution in [-0.4, -0.2) is 30.7 Å². The third kappa shape index (κ3) is 2.82. The first-order valence-corrected chi connectivity index (χ1v) is 8.53. The van der Waals surface area contributed by atoms with E-state index in [4.69, 9.17) is 21.1 Å². The molecule has 0 spiro atoms. The van der Waals surface area contributed by atoms with E-state index in [0.29, 0.717) is 28.0 Å². The van der Waals surface area contributed by atoms with Gasteiger partial charge in [0.25, 0.3) is 5.91 Å². The summed E-state index contributed by atoms with van der Waals surface area (Å²) in [5.74, 6) is 1.60. The average Bonchev–Trinajstić information content (AvgIpc) is 3.11. The van der Waals surface area contributed by atoms with Gasteiger partial charge in [-0.25, -0.2) is 0 Å². The number of hydrogen-bond acceptors (Lipinski definition) is 3. The number of carbonyl (C=O) groups excluding carboxylic acids is 1. The van der Waals surface area contributed by atoms with E-state index in [1.807, 2.05) is 11.0 Å². The molecule has 0 N–H and O–H groups in total. The summed E-state index contributed by atoms with van der Waals surface area (Å²) in [7, 11) is 0. The van der Waals surface area contributed by atoms with Crippen LogP contribution in [0.3, 0.4) is 0 Å². The number of piperidine rings is 1. The number of fused-ring (bicyclic) bond motifs is 1. The highest BCUT2D eigenvalue weighted by Gasteiger charge is 2.27. The molecule has 0 aromatic heterocycles. The minimum absolute atomic E-state index is 0.00158. The van der Waals surface area contributed by atoms with E-state index in [1.54, 1.807) is 12.1 Å². The number of likely N-dealkylation sites (tertiary alicyclic amines) is 1. The molecule has 5 heteroatoms. The molecule has 1 fully saturated rings. The second kappa shape index (κ2) is 6.36. The Morgan fingerprint density at radius 1 is 1.08 bits per heavy atom.